The van der Waals surface area contributed by atoms with Gasteiger partial charge in [-0.05, 0) is 13.5 Å². The van der Waals surface area contributed by atoms with E-state index in [-0.39, 0.29) is 6.04 Å². The van der Waals surface area contributed by atoms with Gasteiger partial charge in [-0.2, -0.15) is 0 Å². The highest BCUT2D eigenvalue weighted by molar-refractivity contribution is 4.90. The smallest absolute Gasteiger partial charge is 0.0244 e. The summed E-state index contributed by atoms with van der Waals surface area (Å²) in [4.78, 5) is 0. The molecule has 0 aliphatic carbocycles. The van der Waals surface area contributed by atoms with E-state index in [1.807, 2.05) is 0 Å². The van der Waals surface area contributed by atoms with E-state index in [1.54, 1.807) is 0 Å². The summed E-state index contributed by atoms with van der Waals surface area (Å²) in [5.74, 6) is 0.486. The van der Waals surface area contributed by atoms with Crippen LogP contribution in [-0.2, 0) is 0 Å². The normalized spacial score (nSPS) is 43.7. The quantitative estimate of drug-likeness (QED) is 0.420. The van der Waals surface area contributed by atoms with Gasteiger partial charge in [0.2, 0.25) is 0 Å². The second-order valence-electron chi connectivity index (χ2n) is 2.77. The van der Waals surface area contributed by atoms with Crippen LogP contribution in [0.3, 0.4) is 0 Å². The van der Waals surface area contributed by atoms with E-state index in [9.17, 15) is 0 Å². The lowest BCUT2D eigenvalue weighted by molar-refractivity contribution is 0.488. The molecular formula is C6H15N3. The Kier molecular flexibility index (Phi) is 2.05. The van der Waals surface area contributed by atoms with Crippen LogP contribution >= 0.6 is 0 Å². The molecule has 1 heterocycles. The Hall–Kier alpha value is -0.120. The molecule has 9 heavy (non-hydrogen) atoms. The maximum absolute atomic E-state index is 5.79. The second-order valence-corrected chi connectivity index (χ2v) is 2.77. The van der Waals surface area contributed by atoms with E-state index in [0.29, 0.717) is 18.5 Å². The van der Waals surface area contributed by atoms with E-state index in [4.69, 9.17) is 11.5 Å². The Balaban J connectivity index is 2.41. The summed E-state index contributed by atoms with van der Waals surface area (Å²) >= 11 is 0. The van der Waals surface area contributed by atoms with Gasteiger partial charge in [0.1, 0.15) is 0 Å². The highest BCUT2D eigenvalue weighted by Gasteiger charge is 2.28. The van der Waals surface area contributed by atoms with Crippen molar-refractivity contribution >= 4 is 0 Å². The molecule has 0 aromatic heterocycles. The molecule has 3 atom stereocenters. The molecule has 1 aliphatic heterocycles. The van der Waals surface area contributed by atoms with E-state index in [2.05, 4.69) is 12.2 Å². The molecule has 0 aromatic rings. The Morgan fingerprint density at radius 2 is 2.33 bits per heavy atom. The largest absolute Gasteiger partial charge is 0.330 e. The van der Waals surface area contributed by atoms with Gasteiger partial charge in [0, 0.05) is 24.5 Å². The van der Waals surface area contributed by atoms with Crippen LogP contribution in [0.15, 0.2) is 0 Å². The third kappa shape index (κ3) is 1.23. The van der Waals surface area contributed by atoms with Crippen molar-refractivity contribution in [1.29, 1.82) is 0 Å². The van der Waals surface area contributed by atoms with Crippen molar-refractivity contribution in [3.63, 3.8) is 0 Å². The highest BCUT2D eigenvalue weighted by Crippen LogP contribution is 2.09. The topological polar surface area (TPSA) is 64.1 Å². The molecule has 3 heteroatoms. The van der Waals surface area contributed by atoms with Gasteiger partial charge in [-0.1, -0.05) is 0 Å². The fraction of sp³-hybridized carbons (Fsp3) is 1.00. The first-order valence-electron chi connectivity index (χ1n) is 3.44. The summed E-state index contributed by atoms with van der Waals surface area (Å²) in [6.45, 7) is 3.79. The average Bonchev–Trinajstić information content (AvgIpc) is 2.15. The molecule has 3 nitrogen and oxygen atoms in total. The molecule has 1 rings (SSSR count). The van der Waals surface area contributed by atoms with Crippen molar-refractivity contribution in [3.8, 4) is 0 Å². The molecule has 1 saturated heterocycles. The zero-order chi connectivity index (χ0) is 6.85. The van der Waals surface area contributed by atoms with E-state index in [1.165, 1.54) is 0 Å². The zero-order valence-electron chi connectivity index (χ0n) is 5.80. The predicted molar refractivity (Wildman–Crippen MR) is 38.0 cm³/mol. The number of rotatable bonds is 1. The minimum absolute atomic E-state index is 0.259. The monoisotopic (exact) mass is 129 g/mol. The fourth-order valence-electron chi connectivity index (χ4n) is 1.26. The van der Waals surface area contributed by atoms with E-state index < -0.39 is 0 Å². The Labute approximate surface area is 55.8 Å². The molecule has 1 aliphatic rings. The number of hydrogen-bond acceptors (Lipinski definition) is 3. The van der Waals surface area contributed by atoms with Gasteiger partial charge in [-0.25, -0.2) is 0 Å². The van der Waals surface area contributed by atoms with Gasteiger partial charge in [-0.15, -0.1) is 0 Å². The third-order valence-corrected chi connectivity index (χ3v) is 2.13. The number of nitrogens with two attached hydrogens (primary N) is 2. The van der Waals surface area contributed by atoms with Crippen molar-refractivity contribution in [2.75, 3.05) is 13.1 Å². The van der Waals surface area contributed by atoms with Crippen LogP contribution in [0.5, 0.6) is 0 Å². The molecule has 54 valence electrons. The Morgan fingerprint density at radius 3 is 2.56 bits per heavy atom. The minimum atomic E-state index is 0.259. The van der Waals surface area contributed by atoms with Crippen molar-refractivity contribution in [2.24, 2.45) is 17.4 Å². The Morgan fingerprint density at radius 1 is 1.67 bits per heavy atom. The molecule has 0 amide bonds. The lowest BCUT2D eigenvalue weighted by Crippen LogP contribution is -2.38. The summed E-state index contributed by atoms with van der Waals surface area (Å²) < 4.78 is 0. The maximum atomic E-state index is 5.79. The summed E-state index contributed by atoms with van der Waals surface area (Å²) in [6, 6.07) is 0.702. The van der Waals surface area contributed by atoms with E-state index in [0.717, 1.165) is 6.54 Å². The summed E-state index contributed by atoms with van der Waals surface area (Å²) in [6.07, 6.45) is 0. The van der Waals surface area contributed by atoms with Gasteiger partial charge < -0.3 is 16.8 Å². The van der Waals surface area contributed by atoms with Crippen LogP contribution in [0.25, 0.3) is 0 Å². The summed E-state index contributed by atoms with van der Waals surface area (Å²) in [5, 5.41) is 3.27. The van der Waals surface area contributed by atoms with Crippen molar-refractivity contribution in [1.82, 2.24) is 5.32 Å². The van der Waals surface area contributed by atoms with Gasteiger partial charge >= 0.3 is 0 Å². The number of hydrogen-bond donors (Lipinski definition) is 3. The highest BCUT2D eigenvalue weighted by atomic mass is 15.0. The van der Waals surface area contributed by atoms with Crippen LogP contribution in [0.4, 0.5) is 0 Å². The van der Waals surface area contributed by atoms with Crippen LogP contribution in [0.1, 0.15) is 6.92 Å². The Bertz CT molecular complexity index is 94.3. The van der Waals surface area contributed by atoms with Crippen molar-refractivity contribution < 1.29 is 0 Å². The zero-order valence-corrected chi connectivity index (χ0v) is 5.80. The van der Waals surface area contributed by atoms with Crippen LogP contribution in [0, 0.1) is 5.92 Å². The second kappa shape index (κ2) is 2.64. The van der Waals surface area contributed by atoms with Crippen molar-refractivity contribution in [2.45, 2.75) is 19.0 Å². The van der Waals surface area contributed by atoms with Crippen molar-refractivity contribution in [3.05, 3.63) is 0 Å². The van der Waals surface area contributed by atoms with Gasteiger partial charge in [-0.3, -0.25) is 0 Å². The first-order valence-corrected chi connectivity index (χ1v) is 3.44. The molecule has 5 N–H and O–H groups in total. The lowest BCUT2D eigenvalue weighted by atomic mass is 10.0. The lowest BCUT2D eigenvalue weighted by Gasteiger charge is -2.13. The van der Waals surface area contributed by atoms with Crippen LogP contribution in [0.2, 0.25) is 0 Å². The predicted octanol–water partition coefficient (Wildman–Crippen LogP) is -1.12. The molecule has 0 spiro atoms. The summed E-state index contributed by atoms with van der Waals surface area (Å²) in [7, 11) is 0. The van der Waals surface area contributed by atoms with Gasteiger partial charge in [0.05, 0.1) is 0 Å². The minimum Gasteiger partial charge on any atom is -0.330 e. The van der Waals surface area contributed by atoms with Crippen LogP contribution < -0.4 is 16.8 Å². The average molecular weight is 129 g/mol. The molecule has 0 bridgehead atoms. The first kappa shape index (κ1) is 6.99. The molecular weight excluding hydrogens is 114 g/mol. The van der Waals surface area contributed by atoms with Gasteiger partial charge in [0.15, 0.2) is 0 Å². The first-order chi connectivity index (χ1) is 4.25. The molecule has 0 aromatic carbocycles. The number of nitrogens with one attached hydrogen (secondary N) is 1. The van der Waals surface area contributed by atoms with E-state index >= 15 is 0 Å². The summed E-state index contributed by atoms with van der Waals surface area (Å²) in [5.41, 5.74) is 11.3. The molecule has 0 saturated carbocycles. The fourth-order valence-corrected chi connectivity index (χ4v) is 1.26. The standard InChI is InChI=1S/C6H15N3/c1-4-6(8)5(2-7)3-9-4/h4-6,9H,2-3,7-8H2,1H3. The SMILES string of the molecule is CC1NCC(CN)C1N. The maximum Gasteiger partial charge on any atom is 0.0244 e. The molecule has 0 radical (unpaired) electrons. The third-order valence-electron chi connectivity index (χ3n) is 2.13. The van der Waals surface area contributed by atoms with Gasteiger partial charge in [0.25, 0.3) is 0 Å². The van der Waals surface area contributed by atoms with Crippen LogP contribution in [-0.4, -0.2) is 25.2 Å². The molecule has 1 fully saturated rings. The molecule has 3 unspecified atom stereocenters.